The Bertz CT molecular complexity index is 945. The molecule has 0 radical (unpaired) electrons. The van der Waals surface area contributed by atoms with E-state index in [-0.39, 0.29) is 11.3 Å². The van der Waals surface area contributed by atoms with Crippen molar-refractivity contribution in [2.45, 2.75) is 0 Å². The van der Waals surface area contributed by atoms with Crippen molar-refractivity contribution in [3.8, 4) is 11.4 Å². The number of hydrogen-bond acceptors (Lipinski definition) is 6. The van der Waals surface area contributed by atoms with Crippen molar-refractivity contribution < 1.29 is 9.72 Å². The molecule has 1 amide bonds. The lowest BCUT2D eigenvalue weighted by molar-refractivity contribution is -0.384. The molecule has 0 atom stereocenters. The second-order valence-corrected chi connectivity index (χ2v) is 6.10. The number of carbonyl (C=O) groups is 1. The Balaban J connectivity index is 1.68. The van der Waals surface area contributed by atoms with E-state index < -0.39 is 10.8 Å². The summed E-state index contributed by atoms with van der Waals surface area (Å²) in [5.41, 5.74) is 6.75. The molecule has 2 N–H and O–H groups in total. The lowest BCUT2D eigenvalue weighted by atomic mass is 10.2. The van der Waals surface area contributed by atoms with Crippen LogP contribution in [-0.2, 0) is 0 Å². The molecule has 0 unspecified atom stereocenters. The summed E-state index contributed by atoms with van der Waals surface area (Å²) in [5.74, 6) is -0.107. The molecule has 0 aliphatic heterocycles. The maximum absolute atomic E-state index is 12.1. The van der Waals surface area contributed by atoms with Crippen LogP contribution in [0, 0.1) is 10.1 Å². The quantitative estimate of drug-likeness (QED) is 0.488. The minimum atomic E-state index is -0.487. The van der Waals surface area contributed by atoms with Crippen molar-refractivity contribution >= 4 is 33.2 Å². The van der Waals surface area contributed by atoms with E-state index in [1.165, 1.54) is 24.5 Å². The first-order valence-corrected chi connectivity index (χ1v) is 8.21. The van der Waals surface area contributed by atoms with Gasteiger partial charge in [-0.2, -0.15) is 0 Å². The van der Waals surface area contributed by atoms with Gasteiger partial charge >= 0.3 is 0 Å². The molecule has 3 rings (SSSR count). The van der Waals surface area contributed by atoms with Crippen LogP contribution in [0.15, 0.2) is 65.4 Å². The summed E-state index contributed by atoms with van der Waals surface area (Å²) in [5, 5.41) is 10.8. The van der Waals surface area contributed by atoms with E-state index in [2.05, 4.69) is 36.7 Å². The van der Waals surface area contributed by atoms with E-state index >= 15 is 0 Å². The normalized spacial score (nSPS) is 10.2. The summed E-state index contributed by atoms with van der Waals surface area (Å²) in [6, 6.07) is 13.3. The SMILES string of the molecule is O=C(NNc1ccc(Br)cc1)c1cnc(-c2cccc([N+](=O)[O-])c2)nc1. The molecule has 0 bridgehead atoms. The smallest absolute Gasteiger partial charge is 0.272 e. The highest BCUT2D eigenvalue weighted by molar-refractivity contribution is 9.10. The average Bonchev–Trinajstić information content (AvgIpc) is 2.67. The van der Waals surface area contributed by atoms with Crippen molar-refractivity contribution in [3.63, 3.8) is 0 Å². The maximum Gasteiger partial charge on any atom is 0.272 e. The molecule has 0 aliphatic carbocycles. The Hall–Kier alpha value is -3.33. The predicted octanol–water partition coefficient (Wildman–Crippen LogP) is 3.57. The number of benzene rings is 2. The van der Waals surface area contributed by atoms with E-state index in [1.807, 2.05) is 12.1 Å². The van der Waals surface area contributed by atoms with E-state index in [9.17, 15) is 14.9 Å². The van der Waals surface area contributed by atoms with Crippen LogP contribution in [0.5, 0.6) is 0 Å². The van der Waals surface area contributed by atoms with Crippen molar-refractivity contribution in [2.24, 2.45) is 0 Å². The fourth-order valence-corrected chi connectivity index (χ4v) is 2.35. The number of aromatic nitrogens is 2. The average molecular weight is 414 g/mol. The van der Waals surface area contributed by atoms with Crippen molar-refractivity contribution in [2.75, 3.05) is 5.43 Å². The van der Waals surface area contributed by atoms with Gasteiger partial charge in [0.15, 0.2) is 5.82 Å². The zero-order chi connectivity index (χ0) is 18.5. The number of nitrogens with zero attached hydrogens (tertiary/aromatic N) is 3. The van der Waals surface area contributed by atoms with E-state index in [1.54, 1.807) is 24.3 Å². The third-order valence-corrected chi connectivity index (χ3v) is 3.92. The third-order valence-electron chi connectivity index (χ3n) is 3.39. The number of nitrogens with one attached hydrogen (secondary N) is 2. The van der Waals surface area contributed by atoms with Crippen LogP contribution in [0.3, 0.4) is 0 Å². The first kappa shape index (κ1) is 17.5. The summed E-state index contributed by atoms with van der Waals surface area (Å²) < 4.78 is 0.930. The number of hydrazine groups is 1. The summed E-state index contributed by atoms with van der Waals surface area (Å²) in [4.78, 5) is 30.7. The van der Waals surface area contributed by atoms with Gasteiger partial charge in [0.1, 0.15) is 0 Å². The first-order valence-electron chi connectivity index (χ1n) is 7.42. The fourth-order valence-electron chi connectivity index (χ4n) is 2.09. The number of nitro groups is 1. The van der Waals surface area contributed by atoms with Crippen LogP contribution in [0.2, 0.25) is 0 Å². The molecular formula is C17H12BrN5O3. The van der Waals surface area contributed by atoms with Crippen molar-refractivity contribution in [3.05, 3.63) is 81.1 Å². The van der Waals surface area contributed by atoms with Crippen LogP contribution in [0.4, 0.5) is 11.4 Å². The molecule has 1 heterocycles. The van der Waals surface area contributed by atoms with E-state index in [4.69, 9.17) is 0 Å². The van der Waals surface area contributed by atoms with Gasteiger partial charge in [-0.15, -0.1) is 0 Å². The number of hydrogen-bond donors (Lipinski definition) is 2. The van der Waals surface area contributed by atoms with Gasteiger partial charge in [-0.1, -0.05) is 28.1 Å². The standard InChI is InChI=1S/C17H12BrN5O3/c18-13-4-6-14(7-5-13)21-22-17(24)12-9-19-16(20-10-12)11-2-1-3-15(8-11)23(25)26/h1-10,21H,(H,22,24). The molecule has 0 aliphatic rings. The van der Waals surface area contributed by atoms with E-state index in [0.717, 1.165) is 10.2 Å². The van der Waals surface area contributed by atoms with Gasteiger partial charge in [-0.25, -0.2) is 9.97 Å². The summed E-state index contributed by atoms with van der Waals surface area (Å²) in [7, 11) is 0. The van der Waals surface area contributed by atoms with Crippen LogP contribution in [0.1, 0.15) is 10.4 Å². The first-order chi connectivity index (χ1) is 12.5. The fraction of sp³-hybridized carbons (Fsp3) is 0. The number of anilines is 1. The van der Waals surface area contributed by atoms with Crippen molar-refractivity contribution in [1.29, 1.82) is 0 Å². The summed E-state index contributed by atoms with van der Waals surface area (Å²) in [6.07, 6.45) is 2.72. The minimum absolute atomic E-state index is 0.0494. The van der Waals surface area contributed by atoms with Crippen LogP contribution in [0.25, 0.3) is 11.4 Å². The molecule has 0 fully saturated rings. The number of nitro benzene ring substituents is 1. The van der Waals surface area contributed by atoms with Crippen LogP contribution < -0.4 is 10.9 Å². The molecular weight excluding hydrogens is 402 g/mol. The van der Waals surface area contributed by atoms with Gasteiger partial charge in [-0.3, -0.25) is 25.8 Å². The Morgan fingerprint density at radius 3 is 2.42 bits per heavy atom. The lowest BCUT2D eigenvalue weighted by Crippen LogP contribution is -2.29. The number of halogens is 1. The predicted molar refractivity (Wildman–Crippen MR) is 99.4 cm³/mol. The molecule has 0 saturated heterocycles. The Labute approximate surface area is 156 Å². The number of amides is 1. The minimum Gasteiger partial charge on any atom is -0.298 e. The molecule has 8 nitrogen and oxygen atoms in total. The number of non-ortho nitro benzene ring substituents is 1. The number of carbonyl (C=O) groups excluding carboxylic acids is 1. The second kappa shape index (κ2) is 7.70. The number of rotatable bonds is 5. The molecule has 1 aromatic heterocycles. The molecule has 130 valence electrons. The zero-order valence-corrected chi connectivity index (χ0v) is 14.8. The summed E-state index contributed by atoms with van der Waals surface area (Å²) in [6.45, 7) is 0. The molecule has 3 aromatic rings. The molecule has 9 heteroatoms. The highest BCUT2D eigenvalue weighted by Crippen LogP contribution is 2.20. The molecule has 26 heavy (non-hydrogen) atoms. The Morgan fingerprint density at radius 1 is 1.08 bits per heavy atom. The van der Waals surface area contributed by atoms with Gasteiger partial charge in [0.2, 0.25) is 0 Å². The van der Waals surface area contributed by atoms with Gasteiger partial charge in [0.05, 0.1) is 16.2 Å². The highest BCUT2D eigenvalue weighted by atomic mass is 79.9. The maximum atomic E-state index is 12.1. The van der Waals surface area contributed by atoms with Crippen LogP contribution in [-0.4, -0.2) is 20.8 Å². The van der Waals surface area contributed by atoms with Gasteiger partial charge < -0.3 is 0 Å². The van der Waals surface area contributed by atoms with Crippen molar-refractivity contribution in [1.82, 2.24) is 15.4 Å². The summed E-state index contributed by atoms with van der Waals surface area (Å²) >= 11 is 3.33. The van der Waals surface area contributed by atoms with Gasteiger partial charge in [0, 0.05) is 34.6 Å². The lowest BCUT2D eigenvalue weighted by Gasteiger charge is -2.08. The Morgan fingerprint density at radius 2 is 1.77 bits per heavy atom. The zero-order valence-electron chi connectivity index (χ0n) is 13.2. The van der Waals surface area contributed by atoms with Crippen LogP contribution >= 0.6 is 15.9 Å². The second-order valence-electron chi connectivity index (χ2n) is 5.19. The Kier molecular flexibility index (Phi) is 5.18. The largest absolute Gasteiger partial charge is 0.298 e. The third kappa shape index (κ3) is 4.19. The van der Waals surface area contributed by atoms with E-state index in [0.29, 0.717) is 11.4 Å². The highest BCUT2D eigenvalue weighted by Gasteiger charge is 2.11. The molecule has 0 saturated carbocycles. The topological polar surface area (TPSA) is 110 Å². The van der Waals surface area contributed by atoms with Gasteiger partial charge in [0.25, 0.3) is 11.6 Å². The molecule has 2 aromatic carbocycles. The monoisotopic (exact) mass is 413 g/mol. The van der Waals surface area contributed by atoms with Gasteiger partial charge in [-0.05, 0) is 24.3 Å². The molecule has 0 spiro atoms.